The molecule has 0 spiro atoms. The third-order valence-corrected chi connectivity index (χ3v) is 6.22. The van der Waals surface area contributed by atoms with Gasteiger partial charge in [-0.1, -0.05) is 6.07 Å². The summed E-state index contributed by atoms with van der Waals surface area (Å²) >= 11 is 0. The number of fused-ring (bicyclic) bond motifs is 1. The Labute approximate surface area is 167 Å². The Morgan fingerprint density at radius 1 is 1.14 bits per heavy atom. The van der Waals surface area contributed by atoms with E-state index in [1.54, 1.807) is 54.5 Å². The maximum absolute atomic E-state index is 13.0. The molecule has 0 aliphatic rings. The molecule has 0 saturated heterocycles. The number of nitrogens with two attached hydrogens (primary N) is 1. The average molecular weight is 412 g/mol. The van der Waals surface area contributed by atoms with Crippen LogP contribution in [0.3, 0.4) is 0 Å². The highest BCUT2D eigenvalue weighted by Crippen LogP contribution is 2.29. The Balaban J connectivity index is 1.81. The van der Waals surface area contributed by atoms with Crippen molar-refractivity contribution in [3.05, 3.63) is 47.7 Å². The maximum Gasteiger partial charge on any atom is 0.262 e. The molecule has 0 amide bonds. The van der Waals surface area contributed by atoms with Gasteiger partial charge >= 0.3 is 0 Å². The second-order valence-corrected chi connectivity index (χ2v) is 8.46. The van der Waals surface area contributed by atoms with Crippen molar-refractivity contribution >= 4 is 27.2 Å². The number of hydrogen-bond acceptors (Lipinski definition) is 7. The van der Waals surface area contributed by atoms with Gasteiger partial charge in [-0.25, -0.2) is 22.9 Å². The van der Waals surface area contributed by atoms with Crippen LogP contribution in [0, 0.1) is 20.8 Å². The van der Waals surface area contributed by atoms with E-state index in [0.717, 1.165) is 11.3 Å². The van der Waals surface area contributed by atoms with Crippen LogP contribution in [0.15, 0.2) is 35.6 Å². The molecule has 0 radical (unpaired) electrons. The van der Waals surface area contributed by atoms with Gasteiger partial charge in [-0.2, -0.15) is 10.2 Å². The fourth-order valence-corrected chi connectivity index (χ4v) is 4.38. The van der Waals surface area contributed by atoms with Gasteiger partial charge < -0.3 is 5.73 Å². The summed E-state index contributed by atoms with van der Waals surface area (Å²) in [5.74, 6) is 0.247. The van der Waals surface area contributed by atoms with E-state index >= 15 is 0 Å². The number of nitrogen functional groups attached to an aromatic ring is 1. The molecule has 10 nitrogen and oxygen atoms in total. The van der Waals surface area contributed by atoms with Crippen LogP contribution in [-0.4, -0.2) is 37.8 Å². The van der Waals surface area contributed by atoms with Gasteiger partial charge in [-0.15, -0.1) is 0 Å². The summed E-state index contributed by atoms with van der Waals surface area (Å²) in [4.78, 5) is 8.31. The lowest BCUT2D eigenvalue weighted by molar-refractivity contribution is 0.601. The van der Waals surface area contributed by atoms with Gasteiger partial charge in [0.25, 0.3) is 10.0 Å². The second-order valence-electron chi connectivity index (χ2n) is 6.78. The number of nitrogens with one attached hydrogen (secondary N) is 1. The fraction of sp³-hybridized carbons (Fsp3) is 0.222. The second kappa shape index (κ2) is 6.55. The lowest BCUT2D eigenvalue weighted by Crippen LogP contribution is -2.14. The van der Waals surface area contributed by atoms with Gasteiger partial charge in [-0.05, 0) is 38.5 Å². The SMILES string of the molecule is Cc1ccc(S(=O)(=O)Nc2c(C)nn(C)c2C)cc1-c1cnc2c(N)ncnn12. The predicted molar refractivity (Wildman–Crippen MR) is 109 cm³/mol. The van der Waals surface area contributed by atoms with E-state index in [0.29, 0.717) is 28.3 Å². The summed E-state index contributed by atoms with van der Waals surface area (Å²) in [6, 6.07) is 4.91. The number of sulfonamides is 1. The first-order valence-corrected chi connectivity index (χ1v) is 10.3. The van der Waals surface area contributed by atoms with Crippen LogP contribution in [0.25, 0.3) is 16.9 Å². The highest BCUT2D eigenvalue weighted by atomic mass is 32.2. The van der Waals surface area contributed by atoms with Crippen LogP contribution in [0.5, 0.6) is 0 Å². The van der Waals surface area contributed by atoms with E-state index in [1.165, 1.54) is 6.33 Å². The predicted octanol–water partition coefficient (Wildman–Crippen LogP) is 1.83. The summed E-state index contributed by atoms with van der Waals surface area (Å²) in [6.45, 7) is 5.45. The Morgan fingerprint density at radius 2 is 1.90 bits per heavy atom. The third-order valence-electron chi connectivity index (χ3n) is 4.87. The number of aromatic nitrogens is 6. The van der Waals surface area contributed by atoms with Crippen molar-refractivity contribution in [3.63, 3.8) is 0 Å². The van der Waals surface area contributed by atoms with Crippen LogP contribution in [0.4, 0.5) is 11.5 Å². The molecule has 0 fully saturated rings. The van der Waals surface area contributed by atoms with Crippen LogP contribution < -0.4 is 10.5 Å². The molecule has 3 heterocycles. The maximum atomic E-state index is 13.0. The monoisotopic (exact) mass is 412 g/mol. The molecular weight excluding hydrogens is 392 g/mol. The van der Waals surface area contributed by atoms with Crippen molar-refractivity contribution in [2.24, 2.45) is 7.05 Å². The first-order valence-electron chi connectivity index (χ1n) is 8.77. The molecule has 3 aromatic heterocycles. The van der Waals surface area contributed by atoms with E-state index in [2.05, 4.69) is 24.9 Å². The summed E-state index contributed by atoms with van der Waals surface area (Å²) < 4.78 is 31.9. The minimum absolute atomic E-state index is 0.123. The third kappa shape index (κ3) is 3.09. The van der Waals surface area contributed by atoms with Crippen molar-refractivity contribution in [1.29, 1.82) is 0 Å². The van der Waals surface area contributed by atoms with Gasteiger partial charge in [0, 0.05) is 12.6 Å². The van der Waals surface area contributed by atoms with Crippen LogP contribution in [0.2, 0.25) is 0 Å². The molecule has 11 heteroatoms. The average Bonchev–Trinajstić information content (AvgIpc) is 3.19. The highest BCUT2D eigenvalue weighted by molar-refractivity contribution is 7.92. The minimum atomic E-state index is -3.83. The van der Waals surface area contributed by atoms with Crippen LogP contribution in [-0.2, 0) is 17.1 Å². The molecule has 0 unspecified atom stereocenters. The number of hydrogen-bond donors (Lipinski definition) is 2. The first-order chi connectivity index (χ1) is 13.7. The molecule has 4 rings (SSSR count). The van der Waals surface area contributed by atoms with Crippen molar-refractivity contribution in [2.45, 2.75) is 25.7 Å². The quantitative estimate of drug-likeness (QED) is 0.522. The van der Waals surface area contributed by atoms with Crippen molar-refractivity contribution in [1.82, 2.24) is 29.4 Å². The minimum Gasteiger partial charge on any atom is -0.381 e. The summed E-state index contributed by atoms with van der Waals surface area (Å²) in [5, 5.41) is 8.45. The van der Waals surface area contributed by atoms with E-state index < -0.39 is 10.0 Å². The summed E-state index contributed by atoms with van der Waals surface area (Å²) in [5.41, 5.74) is 10.3. The van der Waals surface area contributed by atoms with Gasteiger partial charge in [0.2, 0.25) is 0 Å². The number of benzene rings is 1. The number of rotatable bonds is 4. The van der Waals surface area contributed by atoms with Crippen molar-refractivity contribution in [2.75, 3.05) is 10.5 Å². The zero-order valence-corrected chi connectivity index (χ0v) is 17.2. The highest BCUT2D eigenvalue weighted by Gasteiger charge is 2.21. The Hall–Kier alpha value is -3.47. The Kier molecular flexibility index (Phi) is 4.26. The van der Waals surface area contributed by atoms with E-state index in [4.69, 9.17) is 5.73 Å². The largest absolute Gasteiger partial charge is 0.381 e. The molecule has 0 aliphatic carbocycles. The smallest absolute Gasteiger partial charge is 0.262 e. The Bertz CT molecular complexity index is 1350. The molecule has 4 aromatic rings. The van der Waals surface area contributed by atoms with Gasteiger partial charge in [-0.3, -0.25) is 9.40 Å². The summed E-state index contributed by atoms with van der Waals surface area (Å²) in [6.07, 6.45) is 2.93. The normalized spacial score (nSPS) is 11.9. The topological polar surface area (TPSA) is 133 Å². The lowest BCUT2D eigenvalue weighted by atomic mass is 10.1. The first kappa shape index (κ1) is 18.9. The van der Waals surface area contributed by atoms with E-state index in [-0.39, 0.29) is 10.7 Å². The van der Waals surface area contributed by atoms with Gasteiger partial charge in [0.1, 0.15) is 6.33 Å². The zero-order chi connectivity index (χ0) is 20.9. The molecule has 3 N–H and O–H groups in total. The lowest BCUT2D eigenvalue weighted by Gasteiger charge is -2.11. The standard InChI is InChI=1S/C18H20N8O2S/c1-10-5-6-13(29(27,28)24-16-11(2)23-25(4)12(16)3)7-14(10)15-8-20-18-17(19)21-9-22-26(15)18/h5-9,24H,1-4H3,(H2,19,21,22). The van der Waals surface area contributed by atoms with E-state index in [1.807, 2.05) is 6.92 Å². The number of anilines is 2. The summed E-state index contributed by atoms with van der Waals surface area (Å²) in [7, 11) is -2.06. The number of imidazole rings is 1. The molecule has 0 atom stereocenters. The molecule has 29 heavy (non-hydrogen) atoms. The molecule has 0 bridgehead atoms. The molecule has 0 saturated carbocycles. The molecule has 0 aliphatic heterocycles. The van der Waals surface area contributed by atoms with Crippen LogP contribution >= 0.6 is 0 Å². The van der Waals surface area contributed by atoms with Crippen molar-refractivity contribution < 1.29 is 8.42 Å². The fourth-order valence-electron chi connectivity index (χ4n) is 3.18. The van der Waals surface area contributed by atoms with Gasteiger partial charge in [0.15, 0.2) is 11.5 Å². The van der Waals surface area contributed by atoms with Gasteiger partial charge in [0.05, 0.1) is 33.9 Å². The van der Waals surface area contributed by atoms with E-state index in [9.17, 15) is 8.42 Å². The van der Waals surface area contributed by atoms with Crippen LogP contribution in [0.1, 0.15) is 17.0 Å². The molecule has 1 aromatic carbocycles. The molecule has 150 valence electrons. The zero-order valence-electron chi connectivity index (χ0n) is 16.4. The number of aryl methyl sites for hydroxylation is 3. The van der Waals surface area contributed by atoms with Crippen molar-refractivity contribution in [3.8, 4) is 11.3 Å². The number of nitrogens with zero attached hydrogens (tertiary/aromatic N) is 6. The molecular formula is C18H20N8O2S. The Morgan fingerprint density at radius 3 is 2.59 bits per heavy atom.